The summed E-state index contributed by atoms with van der Waals surface area (Å²) in [5.41, 5.74) is 6.64. The average molecular weight is 316 g/mol. The second kappa shape index (κ2) is 6.39. The zero-order chi connectivity index (χ0) is 16.2. The second-order valence-electron chi connectivity index (χ2n) is 4.70. The first-order valence-electron chi connectivity index (χ1n) is 7.13. The van der Waals surface area contributed by atoms with Gasteiger partial charge in [-0.25, -0.2) is 9.78 Å². The first-order chi connectivity index (χ1) is 11.2. The van der Waals surface area contributed by atoms with E-state index in [1.807, 2.05) is 6.07 Å². The number of carbonyl (C=O) groups excluding carboxylic acids is 1. The molecule has 120 valence electrons. The predicted octanol–water partition coefficient (Wildman–Crippen LogP) is 1.75. The lowest BCUT2D eigenvalue weighted by molar-refractivity contribution is 0.0527. The van der Waals surface area contributed by atoms with Gasteiger partial charge >= 0.3 is 5.97 Å². The lowest BCUT2D eigenvalue weighted by Gasteiger charge is -2.19. The van der Waals surface area contributed by atoms with Gasteiger partial charge in [-0.15, -0.1) is 0 Å². The van der Waals surface area contributed by atoms with Crippen LogP contribution in [0.1, 0.15) is 17.3 Å². The van der Waals surface area contributed by atoms with Crippen LogP contribution >= 0.6 is 0 Å². The minimum Gasteiger partial charge on any atom is -0.486 e. The number of benzene rings is 1. The summed E-state index contributed by atoms with van der Waals surface area (Å²) in [7, 11) is 0. The van der Waals surface area contributed by atoms with Gasteiger partial charge in [0.1, 0.15) is 24.6 Å². The highest BCUT2D eigenvalue weighted by molar-refractivity contribution is 5.93. The Morgan fingerprint density at radius 2 is 2.13 bits per heavy atom. The van der Waals surface area contributed by atoms with Crippen LogP contribution < -0.4 is 20.5 Å². The molecule has 1 aromatic heterocycles. The van der Waals surface area contributed by atoms with Gasteiger partial charge in [-0.05, 0) is 19.1 Å². The third-order valence-corrected chi connectivity index (χ3v) is 3.11. The molecule has 3 rings (SSSR count). The molecule has 0 amide bonds. The van der Waals surface area contributed by atoms with Crippen LogP contribution in [0.5, 0.6) is 11.5 Å². The highest BCUT2D eigenvalue weighted by Gasteiger charge is 2.15. The standard InChI is InChI=1S/C15H16N4O4/c1-2-21-14(20)10-8-17-15(19-13(10)16)18-9-3-4-11-12(7-9)23-6-5-22-11/h3-4,7-8H,2,5-6H2,1H3,(H3,16,17,18,19). The molecule has 1 aliphatic heterocycles. The Morgan fingerprint density at radius 1 is 1.35 bits per heavy atom. The average Bonchev–Trinajstić information content (AvgIpc) is 2.55. The smallest absolute Gasteiger partial charge is 0.343 e. The quantitative estimate of drug-likeness (QED) is 0.821. The minimum atomic E-state index is -0.545. The molecule has 0 bridgehead atoms. The number of esters is 1. The molecular formula is C15H16N4O4. The van der Waals surface area contributed by atoms with Crippen molar-refractivity contribution in [3.8, 4) is 11.5 Å². The summed E-state index contributed by atoms with van der Waals surface area (Å²) < 4.78 is 15.8. The molecule has 0 fully saturated rings. The molecule has 0 aliphatic carbocycles. The molecule has 0 spiro atoms. The fourth-order valence-corrected chi connectivity index (χ4v) is 2.07. The summed E-state index contributed by atoms with van der Waals surface area (Å²) >= 11 is 0. The van der Waals surface area contributed by atoms with E-state index in [0.717, 1.165) is 5.69 Å². The Morgan fingerprint density at radius 3 is 2.87 bits per heavy atom. The molecule has 0 radical (unpaired) electrons. The number of hydrogen-bond donors (Lipinski definition) is 2. The summed E-state index contributed by atoms with van der Waals surface area (Å²) in [6, 6.07) is 5.40. The van der Waals surface area contributed by atoms with E-state index >= 15 is 0 Å². The number of aromatic nitrogens is 2. The number of anilines is 3. The van der Waals surface area contributed by atoms with Crippen LogP contribution in [0.15, 0.2) is 24.4 Å². The van der Waals surface area contributed by atoms with E-state index in [4.69, 9.17) is 19.9 Å². The van der Waals surface area contributed by atoms with Gasteiger partial charge in [0.15, 0.2) is 11.5 Å². The van der Waals surface area contributed by atoms with E-state index in [-0.39, 0.29) is 23.9 Å². The third kappa shape index (κ3) is 3.25. The van der Waals surface area contributed by atoms with Crippen LogP contribution in [0.2, 0.25) is 0 Å². The Labute approximate surface area is 132 Å². The van der Waals surface area contributed by atoms with E-state index in [2.05, 4.69) is 15.3 Å². The first-order valence-corrected chi connectivity index (χ1v) is 7.13. The van der Waals surface area contributed by atoms with Gasteiger partial charge in [-0.2, -0.15) is 4.98 Å². The van der Waals surface area contributed by atoms with Crippen molar-refractivity contribution in [2.45, 2.75) is 6.92 Å². The van der Waals surface area contributed by atoms with Crippen molar-refractivity contribution in [2.24, 2.45) is 0 Å². The maximum absolute atomic E-state index is 11.7. The van der Waals surface area contributed by atoms with Crippen LogP contribution in [0.25, 0.3) is 0 Å². The van der Waals surface area contributed by atoms with Gasteiger partial charge in [0.2, 0.25) is 5.95 Å². The van der Waals surface area contributed by atoms with Crippen LogP contribution in [-0.4, -0.2) is 35.8 Å². The van der Waals surface area contributed by atoms with Crippen molar-refractivity contribution in [1.29, 1.82) is 0 Å². The first kappa shape index (κ1) is 14.9. The molecule has 0 saturated heterocycles. The van der Waals surface area contributed by atoms with Crippen molar-refractivity contribution in [3.05, 3.63) is 30.0 Å². The third-order valence-electron chi connectivity index (χ3n) is 3.11. The Bertz CT molecular complexity index is 735. The number of ether oxygens (including phenoxy) is 3. The van der Waals surface area contributed by atoms with E-state index in [1.54, 1.807) is 19.1 Å². The van der Waals surface area contributed by atoms with Crippen molar-refractivity contribution < 1.29 is 19.0 Å². The molecule has 8 nitrogen and oxygen atoms in total. The maximum Gasteiger partial charge on any atom is 0.343 e. The molecule has 2 aromatic rings. The van der Waals surface area contributed by atoms with Crippen LogP contribution in [-0.2, 0) is 4.74 Å². The zero-order valence-corrected chi connectivity index (χ0v) is 12.5. The van der Waals surface area contributed by atoms with Crippen LogP contribution in [0.3, 0.4) is 0 Å². The SMILES string of the molecule is CCOC(=O)c1cnc(Nc2ccc3c(c2)OCCO3)nc1N. The minimum absolute atomic E-state index is 0.0542. The van der Waals surface area contributed by atoms with Crippen LogP contribution in [0, 0.1) is 0 Å². The molecule has 1 aliphatic rings. The van der Waals surface area contributed by atoms with Gasteiger partial charge in [-0.3, -0.25) is 0 Å². The van der Waals surface area contributed by atoms with E-state index in [9.17, 15) is 4.79 Å². The van der Waals surface area contributed by atoms with Crippen LogP contribution in [0.4, 0.5) is 17.5 Å². The van der Waals surface area contributed by atoms with E-state index in [0.29, 0.717) is 24.7 Å². The number of nitrogens with zero attached hydrogens (tertiary/aromatic N) is 2. The van der Waals surface area contributed by atoms with Gasteiger partial charge in [-0.1, -0.05) is 0 Å². The fourth-order valence-electron chi connectivity index (χ4n) is 2.07. The molecule has 0 unspecified atom stereocenters. The van der Waals surface area contributed by atoms with Gasteiger partial charge in [0, 0.05) is 18.0 Å². The second-order valence-corrected chi connectivity index (χ2v) is 4.70. The predicted molar refractivity (Wildman–Crippen MR) is 83.1 cm³/mol. The molecular weight excluding hydrogens is 300 g/mol. The van der Waals surface area contributed by atoms with Crippen molar-refractivity contribution in [2.75, 3.05) is 30.9 Å². The van der Waals surface area contributed by atoms with E-state index < -0.39 is 5.97 Å². The van der Waals surface area contributed by atoms with Gasteiger partial charge in [0.05, 0.1) is 6.61 Å². The lowest BCUT2D eigenvalue weighted by atomic mass is 10.2. The molecule has 8 heteroatoms. The molecule has 0 saturated carbocycles. The van der Waals surface area contributed by atoms with Crippen molar-refractivity contribution >= 4 is 23.4 Å². The maximum atomic E-state index is 11.7. The molecule has 23 heavy (non-hydrogen) atoms. The Kier molecular flexibility index (Phi) is 4.13. The largest absolute Gasteiger partial charge is 0.486 e. The number of nitrogens with one attached hydrogen (secondary N) is 1. The number of hydrogen-bond acceptors (Lipinski definition) is 8. The molecule has 0 atom stereocenters. The summed E-state index contributed by atoms with van der Waals surface area (Å²) in [4.78, 5) is 19.8. The molecule has 3 N–H and O–H groups in total. The fraction of sp³-hybridized carbons (Fsp3) is 0.267. The van der Waals surface area contributed by atoms with Crippen molar-refractivity contribution in [1.82, 2.24) is 9.97 Å². The Hall–Kier alpha value is -3.03. The topological polar surface area (TPSA) is 109 Å². The van der Waals surface area contributed by atoms with Crippen molar-refractivity contribution in [3.63, 3.8) is 0 Å². The normalized spacial score (nSPS) is 12.6. The summed E-state index contributed by atoms with van der Waals surface area (Å²) in [5, 5.41) is 3.00. The van der Waals surface area contributed by atoms with E-state index in [1.165, 1.54) is 6.20 Å². The monoisotopic (exact) mass is 316 g/mol. The summed E-state index contributed by atoms with van der Waals surface area (Å²) in [6.45, 7) is 3.02. The zero-order valence-electron chi connectivity index (χ0n) is 12.5. The number of nitrogen functional groups attached to an aromatic ring is 1. The highest BCUT2D eigenvalue weighted by atomic mass is 16.6. The Balaban J connectivity index is 1.78. The molecule has 2 heterocycles. The number of nitrogens with two attached hydrogens (primary N) is 1. The highest BCUT2D eigenvalue weighted by Crippen LogP contribution is 2.33. The lowest BCUT2D eigenvalue weighted by Crippen LogP contribution is -2.15. The van der Waals surface area contributed by atoms with Gasteiger partial charge < -0.3 is 25.3 Å². The number of rotatable bonds is 4. The summed E-state index contributed by atoms with van der Waals surface area (Å²) in [5.74, 6) is 1.12. The van der Waals surface area contributed by atoms with Gasteiger partial charge in [0.25, 0.3) is 0 Å². The number of carbonyl (C=O) groups is 1. The molecule has 1 aromatic carbocycles. The summed E-state index contributed by atoms with van der Waals surface area (Å²) in [6.07, 6.45) is 1.33. The number of fused-ring (bicyclic) bond motifs is 1.